The molecular formula is C18H18NNaO7. The predicted octanol–water partition coefficient (Wildman–Crippen LogP) is -3.89. The number of aliphatic hydroxyl groups is 3. The molecule has 1 saturated heterocycles. The van der Waals surface area contributed by atoms with Crippen LogP contribution < -0.4 is 39.7 Å². The Balaban J connectivity index is 0.00000261. The first-order valence-corrected chi connectivity index (χ1v) is 7.94. The summed E-state index contributed by atoms with van der Waals surface area (Å²) in [5.74, 6) is -1.76. The first-order chi connectivity index (χ1) is 12.4. The maximum Gasteiger partial charge on any atom is 1.00 e. The Morgan fingerprint density at radius 3 is 2.00 bits per heavy atom. The molecule has 5 unspecified atom stereocenters. The molecule has 138 valence electrons. The molecular weight excluding hydrogens is 365 g/mol. The van der Waals surface area contributed by atoms with Crippen LogP contribution in [-0.4, -0.2) is 57.1 Å². The van der Waals surface area contributed by atoms with E-state index in [9.17, 15) is 30.4 Å². The number of hydrogen-bond acceptors (Lipinski definition) is 8. The Hall–Kier alpha value is -1.49. The van der Waals surface area contributed by atoms with Gasteiger partial charge in [-0.1, -0.05) is 42.5 Å². The van der Waals surface area contributed by atoms with E-state index in [1.807, 2.05) is 30.3 Å². The smallest absolute Gasteiger partial charge is 0.547 e. The van der Waals surface area contributed by atoms with Gasteiger partial charge in [0.15, 0.2) is 6.23 Å². The van der Waals surface area contributed by atoms with E-state index in [0.717, 1.165) is 11.1 Å². The van der Waals surface area contributed by atoms with Gasteiger partial charge in [-0.05, 0) is 23.3 Å². The van der Waals surface area contributed by atoms with Crippen molar-refractivity contribution in [1.82, 2.24) is 0 Å². The number of aliphatic carboxylic acids is 1. The van der Waals surface area contributed by atoms with Crippen LogP contribution in [-0.2, 0) is 9.53 Å². The van der Waals surface area contributed by atoms with Gasteiger partial charge in [-0.2, -0.15) is 0 Å². The predicted molar refractivity (Wildman–Crippen MR) is 87.8 cm³/mol. The van der Waals surface area contributed by atoms with Gasteiger partial charge in [0.25, 0.3) is 0 Å². The van der Waals surface area contributed by atoms with E-state index in [0.29, 0.717) is 5.06 Å². The van der Waals surface area contributed by atoms with Crippen LogP contribution in [0.5, 0.6) is 0 Å². The zero-order valence-electron chi connectivity index (χ0n) is 14.5. The van der Waals surface area contributed by atoms with Crippen LogP contribution in [0.2, 0.25) is 0 Å². The summed E-state index contributed by atoms with van der Waals surface area (Å²) in [6.45, 7) is 0. The number of carbonyl (C=O) groups excluding carboxylic acids is 1. The van der Waals surface area contributed by atoms with Crippen molar-refractivity contribution in [2.24, 2.45) is 0 Å². The molecule has 1 aliphatic heterocycles. The fraction of sp³-hybridized carbons (Fsp3) is 0.278. The number of anilines is 1. The first kappa shape index (κ1) is 21.8. The molecule has 5 atom stereocenters. The quantitative estimate of drug-likeness (QED) is 0.311. The third-order valence-corrected chi connectivity index (χ3v) is 4.30. The standard InChI is InChI=1S/C18H19NO7.Na/c20-13-14(21)16(18(23)24)26-17(15(13)22)19(25)12-8-6-11(7-9-12)10-4-2-1-3-5-10;/h1-9,13-17,20-22,25H,(H,23,24);/q;+1/p-1. The Labute approximate surface area is 177 Å². The second kappa shape index (κ2) is 9.13. The Bertz CT molecular complexity index is 758. The van der Waals surface area contributed by atoms with Crippen molar-refractivity contribution in [3.8, 4) is 11.1 Å². The third kappa shape index (κ3) is 4.50. The van der Waals surface area contributed by atoms with Gasteiger partial charge in [0.2, 0.25) is 0 Å². The van der Waals surface area contributed by atoms with Crippen LogP contribution in [0.15, 0.2) is 54.6 Å². The number of rotatable bonds is 4. The number of carbonyl (C=O) groups is 1. The van der Waals surface area contributed by atoms with E-state index < -0.39 is 36.6 Å². The van der Waals surface area contributed by atoms with Crippen LogP contribution in [0.3, 0.4) is 0 Å². The molecule has 0 aliphatic carbocycles. The van der Waals surface area contributed by atoms with Gasteiger partial charge in [-0.25, -0.2) is 5.06 Å². The minimum atomic E-state index is -1.89. The summed E-state index contributed by atoms with van der Waals surface area (Å²) in [4.78, 5) is 11.0. The van der Waals surface area contributed by atoms with E-state index in [-0.39, 0.29) is 35.2 Å². The van der Waals surface area contributed by atoms with E-state index in [1.165, 1.54) is 0 Å². The molecule has 0 radical (unpaired) electrons. The molecule has 1 aliphatic rings. The van der Waals surface area contributed by atoms with E-state index >= 15 is 0 Å². The number of carboxylic acid groups (broad SMARTS) is 1. The van der Waals surface area contributed by atoms with E-state index in [2.05, 4.69) is 0 Å². The topological polar surface area (TPSA) is 134 Å². The minimum Gasteiger partial charge on any atom is -0.547 e. The molecule has 1 fully saturated rings. The molecule has 0 spiro atoms. The summed E-state index contributed by atoms with van der Waals surface area (Å²) < 4.78 is 5.03. The number of nitrogens with zero attached hydrogens (tertiary/aromatic N) is 1. The molecule has 0 saturated carbocycles. The van der Waals surface area contributed by atoms with Crippen LogP contribution in [0.25, 0.3) is 11.1 Å². The summed E-state index contributed by atoms with van der Waals surface area (Å²) in [6, 6.07) is 16.1. The van der Waals surface area contributed by atoms with Gasteiger partial charge in [-0.3, -0.25) is 5.21 Å². The summed E-state index contributed by atoms with van der Waals surface area (Å²) in [6.07, 6.45) is -8.93. The molecule has 0 aromatic heterocycles. The van der Waals surface area contributed by atoms with Crippen molar-refractivity contribution in [2.75, 3.05) is 5.06 Å². The maximum atomic E-state index is 11.0. The summed E-state index contributed by atoms with van der Waals surface area (Å²) in [5.41, 5.74) is 2.05. The molecule has 1 heterocycles. The van der Waals surface area contributed by atoms with Gasteiger partial charge in [0.05, 0.1) is 11.7 Å². The fourth-order valence-electron chi connectivity index (χ4n) is 2.84. The first-order valence-electron chi connectivity index (χ1n) is 7.94. The van der Waals surface area contributed by atoms with Crippen molar-refractivity contribution in [1.29, 1.82) is 0 Å². The molecule has 8 nitrogen and oxygen atoms in total. The number of carboxylic acids is 1. The maximum absolute atomic E-state index is 11.0. The zero-order chi connectivity index (χ0) is 18.8. The number of aliphatic hydroxyl groups excluding tert-OH is 3. The fourth-order valence-corrected chi connectivity index (χ4v) is 2.84. The average Bonchev–Trinajstić information content (AvgIpc) is 2.66. The second-order valence-electron chi connectivity index (χ2n) is 6.00. The Morgan fingerprint density at radius 1 is 0.889 bits per heavy atom. The minimum absolute atomic E-state index is 0. The van der Waals surface area contributed by atoms with Crippen molar-refractivity contribution in [3.63, 3.8) is 0 Å². The normalized spacial score (nSPS) is 27.5. The van der Waals surface area contributed by atoms with Crippen LogP contribution in [0.1, 0.15) is 0 Å². The molecule has 9 heteroatoms. The number of hydroxylamine groups is 1. The Kier molecular flexibility index (Phi) is 7.38. The van der Waals surface area contributed by atoms with Crippen LogP contribution in [0.4, 0.5) is 5.69 Å². The number of benzene rings is 2. The van der Waals surface area contributed by atoms with Gasteiger partial charge in [0, 0.05) is 0 Å². The monoisotopic (exact) mass is 383 g/mol. The van der Waals surface area contributed by atoms with Gasteiger partial charge in [-0.15, -0.1) is 0 Å². The van der Waals surface area contributed by atoms with Crippen molar-refractivity contribution < 1.29 is 64.7 Å². The molecule has 0 bridgehead atoms. The number of ether oxygens (including phenoxy) is 1. The van der Waals surface area contributed by atoms with Gasteiger partial charge >= 0.3 is 29.6 Å². The van der Waals surface area contributed by atoms with Crippen molar-refractivity contribution in [3.05, 3.63) is 54.6 Å². The summed E-state index contributed by atoms with van der Waals surface area (Å²) in [7, 11) is 0. The van der Waals surface area contributed by atoms with Gasteiger partial charge < -0.3 is 30.0 Å². The molecule has 27 heavy (non-hydrogen) atoms. The number of hydrogen-bond donors (Lipinski definition) is 4. The molecule has 0 amide bonds. The molecule has 3 rings (SSSR count). The van der Waals surface area contributed by atoms with Gasteiger partial charge in [0.1, 0.15) is 24.4 Å². The SMILES string of the molecule is O=C([O-])C1OC(N(O)c2ccc(-c3ccccc3)cc2)C(O)C(O)C1O.[Na+]. The largest absolute Gasteiger partial charge is 1.00 e. The van der Waals surface area contributed by atoms with Crippen LogP contribution in [0, 0.1) is 0 Å². The zero-order valence-corrected chi connectivity index (χ0v) is 16.5. The summed E-state index contributed by atoms with van der Waals surface area (Å²) >= 11 is 0. The van der Waals surface area contributed by atoms with Crippen molar-refractivity contribution in [2.45, 2.75) is 30.6 Å². The molecule has 4 N–H and O–H groups in total. The average molecular weight is 383 g/mol. The van der Waals surface area contributed by atoms with E-state index in [4.69, 9.17) is 4.74 Å². The second-order valence-corrected chi connectivity index (χ2v) is 6.00. The van der Waals surface area contributed by atoms with Crippen LogP contribution >= 0.6 is 0 Å². The Morgan fingerprint density at radius 2 is 1.44 bits per heavy atom. The van der Waals surface area contributed by atoms with Crippen molar-refractivity contribution >= 4 is 11.7 Å². The molecule has 2 aromatic carbocycles. The van der Waals surface area contributed by atoms with E-state index in [1.54, 1.807) is 24.3 Å². The third-order valence-electron chi connectivity index (χ3n) is 4.30. The summed E-state index contributed by atoms with van der Waals surface area (Å²) in [5, 5.41) is 51.4. The molecule has 2 aromatic rings.